The summed E-state index contributed by atoms with van der Waals surface area (Å²) >= 11 is 0. The molecule has 0 spiro atoms. The average molecular weight is 352 g/mol. The zero-order chi connectivity index (χ0) is 18.8. The molecule has 7 heteroatoms. The second-order valence-electron chi connectivity index (χ2n) is 6.12. The van der Waals surface area contributed by atoms with E-state index >= 15 is 0 Å². The van der Waals surface area contributed by atoms with Gasteiger partial charge >= 0.3 is 0 Å². The number of benzene rings is 2. The number of piperidine rings is 1. The zero-order valence-electron chi connectivity index (χ0n) is 14.0. The number of ketones is 2. The van der Waals surface area contributed by atoms with E-state index in [1.165, 1.54) is 36.2 Å². The average Bonchev–Trinajstić information content (AvgIpc) is 2.65. The van der Waals surface area contributed by atoms with Gasteiger partial charge in [0.15, 0.2) is 17.5 Å². The van der Waals surface area contributed by atoms with Gasteiger partial charge in [-0.25, -0.2) is 0 Å². The minimum Gasteiger partial charge on any atom is -0.337 e. The molecular weight excluding hydrogens is 336 g/mol. The van der Waals surface area contributed by atoms with Crippen molar-refractivity contribution in [2.75, 3.05) is 7.05 Å². The fourth-order valence-electron chi connectivity index (χ4n) is 3.21. The van der Waals surface area contributed by atoms with Crippen LogP contribution in [0.2, 0.25) is 0 Å². The summed E-state index contributed by atoms with van der Waals surface area (Å²) in [6.45, 7) is 0. The highest BCUT2D eigenvalue weighted by Gasteiger charge is 2.45. The van der Waals surface area contributed by atoms with Crippen LogP contribution in [0.4, 0.5) is 5.69 Å². The highest BCUT2D eigenvalue weighted by molar-refractivity contribution is 6.25. The number of likely N-dealkylation sites (tertiary alicyclic amines) is 1. The molecule has 2 aromatic carbocycles. The normalized spacial score (nSPS) is 20.1. The molecular formula is C19H16N2O5. The molecule has 26 heavy (non-hydrogen) atoms. The summed E-state index contributed by atoms with van der Waals surface area (Å²) in [6.07, 6.45) is -0.0106. The molecule has 1 aliphatic heterocycles. The topological polar surface area (TPSA) is 97.6 Å². The Morgan fingerprint density at radius 1 is 1.08 bits per heavy atom. The van der Waals surface area contributed by atoms with Crippen molar-refractivity contribution in [2.45, 2.75) is 12.5 Å². The molecule has 0 aromatic heterocycles. The Hall–Kier alpha value is -3.35. The Bertz CT molecular complexity index is 894. The third-order valence-corrected chi connectivity index (χ3v) is 4.59. The van der Waals surface area contributed by atoms with Crippen molar-refractivity contribution >= 4 is 23.2 Å². The van der Waals surface area contributed by atoms with E-state index in [1.807, 2.05) is 30.3 Å². The number of nitrogens with zero attached hydrogens (tertiary/aromatic N) is 2. The standard InChI is InChI=1S/C19H16N2O5/c1-20-15(12-7-3-2-4-8-12)11-16(22)17(19(20)24)18(23)13-9-5-6-10-14(13)21(25)26/h2-10,15,17H,11H2,1H3. The quantitative estimate of drug-likeness (QED) is 0.364. The van der Waals surface area contributed by atoms with Crippen LogP contribution in [-0.2, 0) is 9.59 Å². The summed E-state index contributed by atoms with van der Waals surface area (Å²) in [5, 5.41) is 11.1. The highest BCUT2D eigenvalue weighted by Crippen LogP contribution is 2.33. The van der Waals surface area contributed by atoms with Crippen molar-refractivity contribution in [1.29, 1.82) is 0 Å². The first kappa shape index (κ1) is 17.5. The first-order valence-electron chi connectivity index (χ1n) is 8.03. The third kappa shape index (κ3) is 2.99. The second-order valence-corrected chi connectivity index (χ2v) is 6.12. The van der Waals surface area contributed by atoms with E-state index in [-0.39, 0.29) is 12.0 Å². The van der Waals surface area contributed by atoms with Crippen molar-refractivity contribution in [3.63, 3.8) is 0 Å². The second kappa shape index (κ2) is 6.87. The molecule has 3 rings (SSSR count). The van der Waals surface area contributed by atoms with Gasteiger partial charge in [0.2, 0.25) is 5.91 Å². The van der Waals surface area contributed by atoms with Gasteiger partial charge in [-0.15, -0.1) is 0 Å². The molecule has 2 atom stereocenters. The lowest BCUT2D eigenvalue weighted by molar-refractivity contribution is -0.385. The summed E-state index contributed by atoms with van der Waals surface area (Å²) in [6, 6.07) is 14.0. The Morgan fingerprint density at radius 2 is 1.69 bits per heavy atom. The van der Waals surface area contributed by atoms with Gasteiger partial charge in [-0.1, -0.05) is 42.5 Å². The summed E-state index contributed by atoms with van der Waals surface area (Å²) in [5.41, 5.74) is 0.162. The Kier molecular flexibility index (Phi) is 4.62. The van der Waals surface area contributed by atoms with Gasteiger partial charge in [0.25, 0.3) is 5.69 Å². The van der Waals surface area contributed by atoms with E-state index in [4.69, 9.17) is 0 Å². The summed E-state index contributed by atoms with van der Waals surface area (Å²) < 4.78 is 0. The smallest absolute Gasteiger partial charge is 0.280 e. The predicted molar refractivity (Wildman–Crippen MR) is 92.5 cm³/mol. The molecule has 2 unspecified atom stereocenters. The number of hydrogen-bond acceptors (Lipinski definition) is 5. The van der Waals surface area contributed by atoms with Gasteiger partial charge in [-0.2, -0.15) is 0 Å². The lowest BCUT2D eigenvalue weighted by Crippen LogP contribution is -2.48. The molecule has 0 N–H and O–H groups in total. The lowest BCUT2D eigenvalue weighted by Gasteiger charge is -2.35. The maximum Gasteiger partial charge on any atom is 0.280 e. The highest BCUT2D eigenvalue weighted by atomic mass is 16.6. The first-order valence-corrected chi connectivity index (χ1v) is 8.03. The fourth-order valence-corrected chi connectivity index (χ4v) is 3.21. The Balaban J connectivity index is 1.93. The van der Waals surface area contributed by atoms with E-state index < -0.39 is 40.0 Å². The van der Waals surface area contributed by atoms with Crippen LogP contribution in [0.5, 0.6) is 0 Å². The summed E-state index contributed by atoms with van der Waals surface area (Å²) in [7, 11) is 1.53. The van der Waals surface area contributed by atoms with Crippen molar-refractivity contribution in [1.82, 2.24) is 4.90 Å². The monoisotopic (exact) mass is 352 g/mol. The number of carbonyl (C=O) groups excluding carboxylic acids is 3. The van der Waals surface area contributed by atoms with Crippen LogP contribution in [0.25, 0.3) is 0 Å². The largest absolute Gasteiger partial charge is 0.337 e. The van der Waals surface area contributed by atoms with Gasteiger partial charge in [-0.05, 0) is 11.6 Å². The van der Waals surface area contributed by atoms with Gasteiger partial charge in [-0.3, -0.25) is 24.5 Å². The fraction of sp³-hybridized carbons (Fsp3) is 0.211. The number of Topliss-reactive ketones (excluding diaryl/α,β-unsaturated/α-hetero) is 2. The molecule has 1 amide bonds. The number of nitro groups is 1. The molecule has 1 saturated heterocycles. The van der Waals surface area contributed by atoms with Crippen LogP contribution < -0.4 is 0 Å². The number of rotatable bonds is 4. The van der Waals surface area contributed by atoms with Crippen LogP contribution >= 0.6 is 0 Å². The number of nitro benzene ring substituents is 1. The molecule has 1 aliphatic rings. The molecule has 2 aromatic rings. The summed E-state index contributed by atoms with van der Waals surface area (Å²) in [5.74, 6) is -3.53. The molecule has 0 radical (unpaired) electrons. The van der Waals surface area contributed by atoms with Crippen LogP contribution in [-0.4, -0.2) is 34.3 Å². The van der Waals surface area contributed by atoms with Crippen LogP contribution in [0.3, 0.4) is 0 Å². The van der Waals surface area contributed by atoms with E-state index in [1.54, 1.807) is 0 Å². The third-order valence-electron chi connectivity index (χ3n) is 4.59. The van der Waals surface area contributed by atoms with E-state index in [2.05, 4.69) is 0 Å². The van der Waals surface area contributed by atoms with E-state index in [0.717, 1.165) is 5.56 Å². The Morgan fingerprint density at radius 3 is 2.35 bits per heavy atom. The summed E-state index contributed by atoms with van der Waals surface area (Å²) in [4.78, 5) is 49.9. The van der Waals surface area contributed by atoms with Crippen molar-refractivity contribution in [3.8, 4) is 0 Å². The lowest BCUT2D eigenvalue weighted by atomic mass is 9.83. The maximum atomic E-state index is 12.8. The van der Waals surface area contributed by atoms with Gasteiger partial charge < -0.3 is 4.90 Å². The number of carbonyl (C=O) groups is 3. The number of hydrogen-bond donors (Lipinski definition) is 0. The minimum atomic E-state index is -1.54. The van der Waals surface area contributed by atoms with E-state index in [9.17, 15) is 24.5 Å². The predicted octanol–water partition coefficient (Wildman–Crippen LogP) is 2.57. The molecule has 0 saturated carbocycles. The van der Waals surface area contributed by atoms with Gasteiger partial charge in [0, 0.05) is 19.5 Å². The van der Waals surface area contributed by atoms with E-state index in [0.29, 0.717) is 0 Å². The Labute approximate surface area is 149 Å². The van der Waals surface area contributed by atoms with Crippen molar-refractivity contribution in [3.05, 3.63) is 75.8 Å². The zero-order valence-corrected chi connectivity index (χ0v) is 14.0. The molecule has 1 heterocycles. The number of amides is 1. The van der Waals surface area contributed by atoms with Crippen LogP contribution in [0.1, 0.15) is 28.4 Å². The van der Waals surface area contributed by atoms with Gasteiger partial charge in [0.1, 0.15) is 0 Å². The van der Waals surface area contributed by atoms with Crippen LogP contribution in [0.15, 0.2) is 54.6 Å². The molecule has 0 aliphatic carbocycles. The maximum absolute atomic E-state index is 12.8. The first-order chi connectivity index (χ1) is 12.4. The van der Waals surface area contributed by atoms with Gasteiger partial charge in [0.05, 0.1) is 16.5 Å². The molecule has 132 valence electrons. The number of para-hydroxylation sites is 1. The van der Waals surface area contributed by atoms with Crippen LogP contribution in [0, 0.1) is 16.0 Å². The SMILES string of the molecule is CN1C(=O)C(C(=O)c2ccccc2[N+](=O)[O-])C(=O)CC1c1ccccc1. The van der Waals surface area contributed by atoms with Crippen molar-refractivity contribution < 1.29 is 19.3 Å². The minimum absolute atomic E-state index is 0.0106. The molecule has 0 bridgehead atoms. The molecule has 7 nitrogen and oxygen atoms in total. The molecule has 1 fully saturated rings. The van der Waals surface area contributed by atoms with Crippen molar-refractivity contribution in [2.24, 2.45) is 5.92 Å².